The van der Waals surface area contributed by atoms with Gasteiger partial charge in [0, 0.05) is 63.0 Å². The number of rotatable bonds is 5. The van der Waals surface area contributed by atoms with Crippen molar-refractivity contribution in [2.45, 2.75) is 0 Å². The molecule has 0 saturated carbocycles. The number of pyridine rings is 3. The van der Waals surface area contributed by atoms with E-state index in [1.807, 2.05) is 54.6 Å². The van der Waals surface area contributed by atoms with Crippen LogP contribution in [0.4, 0.5) is 17.6 Å². The van der Waals surface area contributed by atoms with Crippen LogP contribution in [0.15, 0.2) is 146 Å². The number of aromatic nitrogens is 7. The quantitative estimate of drug-likeness (QED) is 0.138. The van der Waals surface area contributed by atoms with E-state index in [0.29, 0.717) is 60.3 Å². The molecular weight excluding hydrogens is 751 g/mol. The predicted octanol–water partition coefficient (Wildman–Crippen LogP) is 12.0. The highest BCUT2D eigenvalue weighted by atomic mass is 19.1. The van der Waals surface area contributed by atoms with E-state index in [1.54, 1.807) is 67.3 Å². The molecule has 11 heteroatoms. The summed E-state index contributed by atoms with van der Waals surface area (Å²) in [5.74, 6) is -3.50. The van der Waals surface area contributed by atoms with E-state index in [1.165, 1.54) is 0 Å². The lowest BCUT2D eigenvalue weighted by Gasteiger charge is -2.14. The Hall–Kier alpha value is -7.92. The molecule has 0 amide bonds. The Labute approximate surface area is 331 Å². The average molecular weight is 776 g/mol. The third-order valence-electron chi connectivity index (χ3n) is 10.7. The normalized spacial score (nSPS) is 11.7. The van der Waals surface area contributed by atoms with Crippen molar-refractivity contribution in [3.8, 4) is 56.4 Å². The highest BCUT2D eigenvalue weighted by Crippen LogP contribution is 2.40. The highest BCUT2D eigenvalue weighted by Gasteiger charge is 2.23. The minimum atomic E-state index is -0.870. The zero-order valence-electron chi connectivity index (χ0n) is 30.6. The molecule has 7 nitrogen and oxygen atoms in total. The zero-order chi connectivity index (χ0) is 39.8. The van der Waals surface area contributed by atoms with Crippen LogP contribution >= 0.6 is 0 Å². The summed E-state index contributed by atoms with van der Waals surface area (Å²) in [7, 11) is 0. The summed E-state index contributed by atoms with van der Waals surface area (Å²) in [6, 6.07) is 33.6. The van der Waals surface area contributed by atoms with Crippen LogP contribution in [-0.2, 0) is 0 Å². The van der Waals surface area contributed by atoms with E-state index in [-0.39, 0.29) is 39.7 Å². The van der Waals surface area contributed by atoms with Crippen molar-refractivity contribution < 1.29 is 17.6 Å². The Bertz CT molecular complexity index is 3480. The van der Waals surface area contributed by atoms with Gasteiger partial charge in [0.15, 0.2) is 17.5 Å². The van der Waals surface area contributed by atoms with Crippen molar-refractivity contribution in [3.63, 3.8) is 0 Å². The van der Waals surface area contributed by atoms with Crippen LogP contribution in [0, 0.1) is 23.3 Å². The van der Waals surface area contributed by atoms with Gasteiger partial charge in [-0.2, -0.15) is 0 Å². The van der Waals surface area contributed by atoms with E-state index in [4.69, 9.17) is 0 Å². The van der Waals surface area contributed by atoms with E-state index in [2.05, 4.69) is 34.9 Å². The fourth-order valence-electron chi connectivity index (χ4n) is 7.97. The minimum absolute atomic E-state index is 0.00323. The van der Waals surface area contributed by atoms with Crippen LogP contribution in [0.25, 0.3) is 111 Å². The number of H-pyrrole nitrogens is 1. The van der Waals surface area contributed by atoms with Gasteiger partial charge in [0.05, 0.1) is 33.2 Å². The van der Waals surface area contributed by atoms with Crippen LogP contribution in [-0.4, -0.2) is 34.9 Å². The lowest BCUT2D eigenvalue weighted by Crippen LogP contribution is -2.03. The summed E-state index contributed by atoms with van der Waals surface area (Å²) >= 11 is 0. The molecule has 0 spiro atoms. The molecule has 0 bridgehead atoms. The summed E-state index contributed by atoms with van der Waals surface area (Å²) in [4.78, 5) is 30.5. The van der Waals surface area contributed by atoms with Gasteiger partial charge in [-0.05, 0) is 88.6 Å². The Morgan fingerprint density at radius 2 is 0.898 bits per heavy atom. The molecule has 5 aromatic heterocycles. The topological polar surface area (TPSA) is 93.1 Å². The Morgan fingerprint density at radius 1 is 0.390 bits per heavy atom. The molecule has 0 atom stereocenters. The second-order valence-electron chi connectivity index (χ2n) is 14.2. The summed E-state index contributed by atoms with van der Waals surface area (Å²) in [5.41, 5.74) is 3.14. The molecule has 5 heterocycles. The van der Waals surface area contributed by atoms with Crippen molar-refractivity contribution in [1.82, 2.24) is 34.9 Å². The van der Waals surface area contributed by atoms with Crippen molar-refractivity contribution in [3.05, 3.63) is 169 Å². The Morgan fingerprint density at radius 3 is 1.54 bits per heavy atom. The van der Waals surface area contributed by atoms with Crippen LogP contribution in [0.5, 0.6) is 0 Å². The van der Waals surface area contributed by atoms with Gasteiger partial charge in [-0.1, -0.05) is 54.6 Å². The number of nitrogens with zero attached hydrogens (tertiary/aromatic N) is 6. The molecule has 0 aliphatic carbocycles. The van der Waals surface area contributed by atoms with Crippen LogP contribution in [0.2, 0.25) is 0 Å². The number of hydrogen-bond acceptors (Lipinski definition) is 6. The third-order valence-corrected chi connectivity index (χ3v) is 10.7. The molecule has 0 aliphatic heterocycles. The van der Waals surface area contributed by atoms with Gasteiger partial charge in [-0.3, -0.25) is 15.0 Å². The highest BCUT2D eigenvalue weighted by molar-refractivity contribution is 6.11. The first-order valence-electron chi connectivity index (χ1n) is 18.6. The molecule has 280 valence electrons. The van der Waals surface area contributed by atoms with Gasteiger partial charge < -0.3 is 4.98 Å². The molecule has 0 unspecified atom stereocenters. The number of aromatic amines is 1. The first kappa shape index (κ1) is 34.3. The molecule has 0 saturated heterocycles. The molecule has 0 aliphatic rings. The predicted molar refractivity (Wildman–Crippen MR) is 222 cm³/mol. The van der Waals surface area contributed by atoms with Gasteiger partial charge in [-0.25, -0.2) is 32.5 Å². The second kappa shape index (κ2) is 13.3. The number of fused-ring (bicyclic) bond motifs is 7. The van der Waals surface area contributed by atoms with Crippen LogP contribution in [0.3, 0.4) is 0 Å². The standard InChI is InChI=1S/C48H25F4N7/c49-36-21-30(22-37(50)40(36)34-19-27-8-3-14-53-42(27)44-32(34)10-5-16-55-44)47-57-46(29-12-11-25-6-1-2-7-26(25)18-29)58-48(59-47)31-23-38(51)41(39(52)24-31)35-20-28-9-4-15-54-43(28)45-33(35)13-17-56-45/h1-24,56H. The van der Waals surface area contributed by atoms with Gasteiger partial charge >= 0.3 is 0 Å². The molecular formula is C48H25F4N7. The van der Waals surface area contributed by atoms with E-state index in [9.17, 15) is 0 Å². The molecule has 59 heavy (non-hydrogen) atoms. The van der Waals surface area contributed by atoms with Gasteiger partial charge in [0.2, 0.25) is 0 Å². The molecule has 1 N–H and O–H groups in total. The molecule has 11 aromatic rings. The number of halogens is 4. The van der Waals surface area contributed by atoms with Crippen LogP contribution in [0.1, 0.15) is 0 Å². The maximum absolute atomic E-state index is 16.5. The fourth-order valence-corrected chi connectivity index (χ4v) is 7.97. The minimum Gasteiger partial charge on any atom is -0.359 e. The first-order chi connectivity index (χ1) is 28.9. The number of nitrogens with one attached hydrogen (secondary N) is 1. The summed E-state index contributed by atoms with van der Waals surface area (Å²) in [6.45, 7) is 0. The first-order valence-corrected chi connectivity index (χ1v) is 18.6. The summed E-state index contributed by atoms with van der Waals surface area (Å²) in [6.07, 6.45) is 6.60. The van der Waals surface area contributed by atoms with Crippen molar-refractivity contribution in [2.75, 3.05) is 0 Å². The SMILES string of the molecule is Fc1cc(-c2nc(-c3cc(F)c(-c4cc5cccnc5c5[nH]ccc45)c(F)c3)nc(-c3ccc4ccccc4c3)n2)cc(F)c1-c1cc2cccnc2c2ncccc12. The summed E-state index contributed by atoms with van der Waals surface area (Å²) in [5, 5.41) is 4.36. The van der Waals surface area contributed by atoms with Gasteiger partial charge in [-0.15, -0.1) is 0 Å². The van der Waals surface area contributed by atoms with Crippen molar-refractivity contribution in [2.24, 2.45) is 0 Å². The largest absolute Gasteiger partial charge is 0.359 e. The molecule has 0 fully saturated rings. The Balaban J connectivity index is 1.08. The molecule has 0 radical (unpaired) electrons. The zero-order valence-corrected chi connectivity index (χ0v) is 30.6. The van der Waals surface area contributed by atoms with E-state index in [0.717, 1.165) is 35.0 Å². The number of benzene rings is 6. The van der Waals surface area contributed by atoms with Crippen molar-refractivity contribution in [1.29, 1.82) is 0 Å². The molecule has 6 aromatic carbocycles. The van der Waals surface area contributed by atoms with Gasteiger partial charge in [0.1, 0.15) is 23.3 Å². The maximum Gasteiger partial charge on any atom is 0.164 e. The lowest BCUT2D eigenvalue weighted by atomic mass is 9.95. The molecule has 11 rings (SSSR count). The Kier molecular flexibility index (Phi) is 7.77. The van der Waals surface area contributed by atoms with E-state index < -0.39 is 23.3 Å². The van der Waals surface area contributed by atoms with Crippen LogP contribution < -0.4 is 0 Å². The van der Waals surface area contributed by atoms with E-state index >= 15 is 17.6 Å². The number of hydrogen-bond donors (Lipinski definition) is 1. The van der Waals surface area contributed by atoms with Gasteiger partial charge in [0.25, 0.3) is 0 Å². The van der Waals surface area contributed by atoms with Crippen molar-refractivity contribution >= 4 is 54.4 Å². The summed E-state index contributed by atoms with van der Waals surface area (Å²) < 4.78 is 65.8. The maximum atomic E-state index is 16.5. The average Bonchev–Trinajstić information content (AvgIpc) is 3.77. The fraction of sp³-hybridized carbons (Fsp3) is 0. The smallest absolute Gasteiger partial charge is 0.164 e. The lowest BCUT2D eigenvalue weighted by molar-refractivity contribution is 0.590. The third kappa shape index (κ3) is 5.66. The second-order valence-corrected chi connectivity index (χ2v) is 14.2. The monoisotopic (exact) mass is 775 g/mol.